The van der Waals surface area contributed by atoms with Crippen LogP contribution in [-0.2, 0) is 6.54 Å². The van der Waals surface area contributed by atoms with Gasteiger partial charge in [0.2, 0.25) is 0 Å². The van der Waals surface area contributed by atoms with E-state index in [1.54, 1.807) is 10.9 Å². The zero-order valence-corrected chi connectivity index (χ0v) is 7.05. The van der Waals surface area contributed by atoms with E-state index in [9.17, 15) is 4.79 Å². The van der Waals surface area contributed by atoms with Crippen molar-refractivity contribution < 1.29 is 0 Å². The molecule has 0 saturated carbocycles. The van der Waals surface area contributed by atoms with E-state index in [1.165, 1.54) is 0 Å². The number of hydrogen-bond donors (Lipinski definition) is 1. The van der Waals surface area contributed by atoms with Crippen molar-refractivity contribution in [1.82, 2.24) is 9.78 Å². The molecule has 0 atom stereocenters. The van der Waals surface area contributed by atoms with Crippen LogP contribution in [0, 0.1) is 6.92 Å². The molecule has 11 heavy (non-hydrogen) atoms. The zero-order chi connectivity index (χ0) is 8.27. The first kappa shape index (κ1) is 8.11. The molecule has 0 bridgehead atoms. The molecule has 0 aliphatic carbocycles. The van der Waals surface area contributed by atoms with Gasteiger partial charge in [-0.2, -0.15) is 0 Å². The number of aryl methyl sites for hydroxylation is 2. The minimum absolute atomic E-state index is 0.110. The molecule has 0 saturated heterocycles. The molecule has 3 nitrogen and oxygen atoms in total. The molecule has 0 aromatic carbocycles. The van der Waals surface area contributed by atoms with Crippen molar-refractivity contribution >= 4 is 0 Å². The fourth-order valence-electron chi connectivity index (χ4n) is 0.990. The van der Waals surface area contributed by atoms with Crippen molar-refractivity contribution in [3.8, 4) is 0 Å². The number of unbranched alkanes of at least 4 members (excludes halogenated alkanes) is 1. The molecule has 1 aromatic heterocycles. The number of nitrogens with one attached hydrogen (secondary N) is 1. The van der Waals surface area contributed by atoms with E-state index in [1.807, 2.05) is 6.92 Å². The van der Waals surface area contributed by atoms with E-state index in [0.29, 0.717) is 0 Å². The Morgan fingerprint density at radius 3 is 2.82 bits per heavy atom. The maximum atomic E-state index is 11.2. The fraction of sp³-hybridized carbons (Fsp3) is 0.625. The van der Waals surface area contributed by atoms with Crippen molar-refractivity contribution in [2.45, 2.75) is 33.2 Å². The minimum Gasteiger partial charge on any atom is -0.303 e. The summed E-state index contributed by atoms with van der Waals surface area (Å²) in [6.45, 7) is 4.74. The molecule has 0 radical (unpaired) electrons. The first-order valence-corrected chi connectivity index (χ1v) is 4.00. The Balaban J connectivity index is 2.71. The fourth-order valence-corrected chi connectivity index (χ4v) is 0.990. The third-order valence-electron chi connectivity index (χ3n) is 1.75. The van der Waals surface area contributed by atoms with Gasteiger partial charge in [-0.05, 0) is 13.3 Å². The van der Waals surface area contributed by atoms with Crippen LogP contribution in [0.15, 0.2) is 11.0 Å². The Labute approximate surface area is 66.0 Å². The third-order valence-corrected chi connectivity index (χ3v) is 1.75. The summed E-state index contributed by atoms with van der Waals surface area (Å²) in [5.74, 6) is 0. The maximum Gasteiger partial charge on any atom is 0.269 e. The summed E-state index contributed by atoms with van der Waals surface area (Å²) >= 11 is 0. The predicted octanol–water partition coefficient (Wildman–Crippen LogP) is 1.28. The molecule has 1 N–H and O–H groups in total. The van der Waals surface area contributed by atoms with Crippen LogP contribution in [0.1, 0.15) is 25.3 Å². The molecule has 0 fully saturated rings. The molecule has 3 heteroatoms. The molecule has 1 rings (SSSR count). The maximum absolute atomic E-state index is 11.2. The summed E-state index contributed by atoms with van der Waals surface area (Å²) in [5, 5.41) is 2.91. The highest BCUT2D eigenvalue weighted by molar-refractivity contribution is 5.00. The van der Waals surface area contributed by atoms with Gasteiger partial charge in [0.05, 0.1) is 0 Å². The van der Waals surface area contributed by atoms with Gasteiger partial charge in [0.15, 0.2) is 0 Å². The zero-order valence-electron chi connectivity index (χ0n) is 7.05. The summed E-state index contributed by atoms with van der Waals surface area (Å²) < 4.78 is 1.65. The number of aromatic nitrogens is 2. The van der Waals surface area contributed by atoms with Crippen molar-refractivity contribution in [3.63, 3.8) is 0 Å². The molecular formula is C8H14N2O. The Morgan fingerprint density at radius 2 is 2.36 bits per heavy atom. The Hall–Kier alpha value is -0.990. The number of rotatable bonds is 3. The van der Waals surface area contributed by atoms with Crippen LogP contribution in [-0.4, -0.2) is 9.78 Å². The average molecular weight is 154 g/mol. The standard InChI is InChI=1S/C8H14N2O/c1-3-4-5-10-8(11)7(2)6-9-10/h6,9H,3-5H2,1-2H3. The average Bonchev–Trinajstić information content (AvgIpc) is 2.31. The summed E-state index contributed by atoms with van der Waals surface area (Å²) in [4.78, 5) is 11.2. The predicted molar refractivity (Wildman–Crippen MR) is 44.7 cm³/mol. The highest BCUT2D eigenvalue weighted by atomic mass is 16.1. The summed E-state index contributed by atoms with van der Waals surface area (Å²) in [6.07, 6.45) is 3.92. The highest BCUT2D eigenvalue weighted by Crippen LogP contribution is 1.91. The molecule has 0 aliphatic heterocycles. The third kappa shape index (κ3) is 1.73. The second kappa shape index (κ2) is 3.42. The summed E-state index contributed by atoms with van der Waals surface area (Å²) in [7, 11) is 0. The van der Waals surface area contributed by atoms with Crippen LogP contribution in [0.2, 0.25) is 0 Å². The van der Waals surface area contributed by atoms with Gasteiger partial charge in [-0.15, -0.1) is 0 Å². The lowest BCUT2D eigenvalue weighted by atomic mass is 10.3. The Bertz CT molecular complexity index is 272. The van der Waals surface area contributed by atoms with Crippen molar-refractivity contribution in [2.24, 2.45) is 0 Å². The minimum atomic E-state index is 0.110. The van der Waals surface area contributed by atoms with Gasteiger partial charge < -0.3 is 5.10 Å². The van der Waals surface area contributed by atoms with Crippen LogP contribution in [0.4, 0.5) is 0 Å². The van der Waals surface area contributed by atoms with E-state index in [0.717, 1.165) is 24.9 Å². The van der Waals surface area contributed by atoms with Gasteiger partial charge >= 0.3 is 0 Å². The largest absolute Gasteiger partial charge is 0.303 e. The number of hydrogen-bond acceptors (Lipinski definition) is 1. The smallest absolute Gasteiger partial charge is 0.269 e. The van der Waals surface area contributed by atoms with Crippen molar-refractivity contribution in [3.05, 3.63) is 22.1 Å². The molecule has 0 unspecified atom stereocenters. The van der Waals surface area contributed by atoms with E-state index < -0.39 is 0 Å². The van der Waals surface area contributed by atoms with E-state index in [4.69, 9.17) is 0 Å². The highest BCUT2D eigenvalue weighted by Gasteiger charge is 1.98. The van der Waals surface area contributed by atoms with Gasteiger partial charge in [-0.25, -0.2) is 0 Å². The Morgan fingerprint density at radius 1 is 1.64 bits per heavy atom. The van der Waals surface area contributed by atoms with E-state index in [2.05, 4.69) is 12.0 Å². The van der Waals surface area contributed by atoms with Gasteiger partial charge in [-0.1, -0.05) is 13.3 Å². The van der Waals surface area contributed by atoms with Gasteiger partial charge in [0.25, 0.3) is 5.56 Å². The lowest BCUT2D eigenvalue weighted by molar-refractivity contribution is 0.556. The van der Waals surface area contributed by atoms with Gasteiger partial charge in [-0.3, -0.25) is 9.48 Å². The first-order valence-electron chi connectivity index (χ1n) is 4.00. The van der Waals surface area contributed by atoms with E-state index >= 15 is 0 Å². The SMILES string of the molecule is CCCCn1[nH]cc(C)c1=O. The van der Waals surface area contributed by atoms with Crippen LogP contribution in [0.5, 0.6) is 0 Å². The van der Waals surface area contributed by atoms with Gasteiger partial charge in [0.1, 0.15) is 0 Å². The lowest BCUT2D eigenvalue weighted by Crippen LogP contribution is -2.17. The lowest BCUT2D eigenvalue weighted by Gasteiger charge is -1.97. The molecule has 62 valence electrons. The molecule has 0 aliphatic rings. The summed E-state index contributed by atoms with van der Waals surface area (Å²) in [6, 6.07) is 0. The van der Waals surface area contributed by atoms with Crippen molar-refractivity contribution in [1.29, 1.82) is 0 Å². The van der Waals surface area contributed by atoms with Crippen LogP contribution in [0.3, 0.4) is 0 Å². The normalized spacial score (nSPS) is 10.4. The molecule has 0 amide bonds. The summed E-state index contributed by atoms with van der Waals surface area (Å²) in [5.41, 5.74) is 0.902. The van der Waals surface area contributed by atoms with Crippen LogP contribution in [0.25, 0.3) is 0 Å². The molecule has 1 aromatic rings. The Kier molecular flexibility index (Phi) is 2.52. The molecular weight excluding hydrogens is 140 g/mol. The molecule has 1 heterocycles. The first-order chi connectivity index (χ1) is 5.25. The quantitative estimate of drug-likeness (QED) is 0.699. The van der Waals surface area contributed by atoms with Crippen molar-refractivity contribution in [2.75, 3.05) is 0 Å². The monoisotopic (exact) mass is 154 g/mol. The second-order valence-electron chi connectivity index (χ2n) is 2.77. The van der Waals surface area contributed by atoms with Gasteiger partial charge in [0, 0.05) is 18.3 Å². The number of aromatic amines is 1. The number of H-pyrrole nitrogens is 1. The number of nitrogens with zero attached hydrogens (tertiary/aromatic N) is 1. The van der Waals surface area contributed by atoms with E-state index in [-0.39, 0.29) is 5.56 Å². The second-order valence-corrected chi connectivity index (χ2v) is 2.77. The topological polar surface area (TPSA) is 37.8 Å². The van der Waals surface area contributed by atoms with Crippen LogP contribution >= 0.6 is 0 Å². The molecule has 0 spiro atoms. The van der Waals surface area contributed by atoms with Crippen LogP contribution < -0.4 is 5.56 Å².